The van der Waals surface area contributed by atoms with Crippen LogP contribution in [-0.4, -0.2) is 22.0 Å². The number of nitrogens with zero attached hydrogens (tertiary/aromatic N) is 1. The maximum atomic E-state index is 11.5. The predicted octanol–water partition coefficient (Wildman–Crippen LogP) is 2.63. The third-order valence-corrected chi connectivity index (χ3v) is 3.68. The van der Waals surface area contributed by atoms with Crippen LogP contribution < -0.4 is 5.73 Å². The topological polar surface area (TPSA) is 93.3 Å². The maximum absolute atomic E-state index is 11.5. The van der Waals surface area contributed by atoms with Gasteiger partial charge < -0.3 is 10.8 Å². The highest BCUT2D eigenvalue weighted by Crippen LogP contribution is 2.29. The minimum Gasteiger partial charge on any atom is -0.481 e. The van der Waals surface area contributed by atoms with E-state index in [1.54, 1.807) is 25.1 Å². The Bertz CT molecular complexity index is 715. The summed E-state index contributed by atoms with van der Waals surface area (Å²) in [7, 11) is 0. The smallest absolute Gasteiger partial charge is 0.311 e. The number of amides is 1. The Hall–Kier alpha value is -2.14. The molecule has 1 unspecified atom stereocenters. The Balaban J connectivity index is 2.50. The Morgan fingerprint density at radius 1 is 1.43 bits per heavy atom. The number of halogens is 1. The number of benzene rings is 1. The van der Waals surface area contributed by atoms with E-state index in [1.807, 2.05) is 6.07 Å². The minimum atomic E-state index is -0.998. The molecule has 1 heterocycles. The lowest BCUT2D eigenvalue weighted by atomic mass is 9.92. The summed E-state index contributed by atoms with van der Waals surface area (Å²) in [4.78, 5) is 26.8. The molecule has 0 aliphatic rings. The van der Waals surface area contributed by atoms with Crippen molar-refractivity contribution in [2.24, 2.45) is 5.73 Å². The summed E-state index contributed by atoms with van der Waals surface area (Å²) < 4.78 is 0. The molecule has 1 aromatic heterocycles. The molecule has 110 valence electrons. The van der Waals surface area contributed by atoms with Gasteiger partial charge in [-0.1, -0.05) is 23.7 Å². The normalized spacial score (nSPS) is 12.3. The standard InChI is InChI=1S/C15H15ClN2O3/c1-8-11(10(15(20)21)5-6-13(17)19)7-9-3-2-4-12(16)14(9)18-8/h2-4,7,10H,5-6H2,1H3,(H2,17,19)(H,20,21). The number of carboxylic acid groups (broad SMARTS) is 1. The van der Waals surface area contributed by atoms with E-state index in [0.29, 0.717) is 21.8 Å². The molecular weight excluding hydrogens is 292 g/mol. The number of carbonyl (C=O) groups is 2. The molecule has 1 atom stereocenters. The largest absolute Gasteiger partial charge is 0.481 e. The van der Waals surface area contributed by atoms with E-state index in [0.717, 1.165) is 5.39 Å². The first-order valence-electron chi connectivity index (χ1n) is 6.47. The molecule has 1 aromatic carbocycles. The van der Waals surface area contributed by atoms with Crippen LogP contribution >= 0.6 is 11.6 Å². The fourth-order valence-electron chi connectivity index (χ4n) is 2.32. The fourth-order valence-corrected chi connectivity index (χ4v) is 2.55. The SMILES string of the molecule is Cc1nc2c(Cl)cccc2cc1C(CCC(N)=O)C(=O)O. The van der Waals surface area contributed by atoms with Gasteiger partial charge in [0.05, 0.1) is 16.5 Å². The highest BCUT2D eigenvalue weighted by Gasteiger charge is 2.23. The molecule has 0 saturated carbocycles. The summed E-state index contributed by atoms with van der Waals surface area (Å²) in [5.41, 5.74) is 6.91. The molecule has 2 rings (SSSR count). The first kappa shape index (κ1) is 15.3. The lowest BCUT2D eigenvalue weighted by Crippen LogP contribution is -2.18. The Kier molecular flexibility index (Phi) is 4.43. The first-order valence-corrected chi connectivity index (χ1v) is 6.85. The summed E-state index contributed by atoms with van der Waals surface area (Å²) in [5.74, 6) is -2.33. The van der Waals surface area contributed by atoms with Crippen molar-refractivity contribution in [3.05, 3.63) is 40.5 Å². The number of primary amides is 1. The van der Waals surface area contributed by atoms with Crippen molar-refractivity contribution in [1.29, 1.82) is 0 Å². The number of hydrogen-bond acceptors (Lipinski definition) is 3. The second-order valence-electron chi connectivity index (χ2n) is 4.87. The van der Waals surface area contributed by atoms with Gasteiger partial charge in [0, 0.05) is 17.5 Å². The van der Waals surface area contributed by atoms with Crippen molar-refractivity contribution in [1.82, 2.24) is 4.98 Å². The third kappa shape index (κ3) is 3.31. The van der Waals surface area contributed by atoms with Gasteiger partial charge in [-0.3, -0.25) is 14.6 Å². The van der Waals surface area contributed by atoms with Crippen molar-refractivity contribution < 1.29 is 14.7 Å². The van der Waals surface area contributed by atoms with Crippen LogP contribution in [0.1, 0.15) is 30.0 Å². The van der Waals surface area contributed by atoms with Crippen LogP contribution in [0.4, 0.5) is 0 Å². The maximum Gasteiger partial charge on any atom is 0.311 e. The van der Waals surface area contributed by atoms with Crippen molar-refractivity contribution >= 4 is 34.4 Å². The van der Waals surface area contributed by atoms with Crippen LogP contribution in [0.2, 0.25) is 5.02 Å². The number of fused-ring (bicyclic) bond motifs is 1. The highest BCUT2D eigenvalue weighted by molar-refractivity contribution is 6.35. The van der Waals surface area contributed by atoms with Gasteiger partial charge in [0.1, 0.15) is 0 Å². The van der Waals surface area contributed by atoms with E-state index in [-0.39, 0.29) is 12.8 Å². The number of nitrogens with two attached hydrogens (primary N) is 1. The lowest BCUT2D eigenvalue weighted by molar-refractivity contribution is -0.139. The summed E-state index contributed by atoms with van der Waals surface area (Å²) in [6.07, 6.45) is 0.170. The second kappa shape index (κ2) is 6.10. The van der Waals surface area contributed by atoms with Gasteiger partial charge in [0.15, 0.2) is 0 Å². The number of rotatable bonds is 5. The highest BCUT2D eigenvalue weighted by atomic mass is 35.5. The Morgan fingerprint density at radius 3 is 2.76 bits per heavy atom. The van der Waals surface area contributed by atoms with E-state index in [9.17, 15) is 14.7 Å². The summed E-state index contributed by atoms with van der Waals surface area (Å²) in [6, 6.07) is 7.11. The molecule has 0 aliphatic carbocycles. The molecule has 0 fully saturated rings. The predicted molar refractivity (Wildman–Crippen MR) is 80.3 cm³/mol. The van der Waals surface area contributed by atoms with Crippen LogP contribution in [0.15, 0.2) is 24.3 Å². The zero-order chi connectivity index (χ0) is 15.6. The molecular formula is C15H15ClN2O3. The summed E-state index contributed by atoms with van der Waals surface area (Å²) in [6.45, 7) is 1.73. The third-order valence-electron chi connectivity index (χ3n) is 3.38. The number of aliphatic carboxylic acids is 1. The molecule has 0 spiro atoms. The molecule has 6 heteroatoms. The molecule has 0 aliphatic heterocycles. The Morgan fingerprint density at radius 2 is 2.14 bits per heavy atom. The van der Waals surface area contributed by atoms with Crippen molar-refractivity contribution in [2.75, 3.05) is 0 Å². The second-order valence-corrected chi connectivity index (χ2v) is 5.28. The number of para-hydroxylation sites is 1. The van der Waals surface area contributed by atoms with Gasteiger partial charge in [0.2, 0.25) is 5.91 Å². The van der Waals surface area contributed by atoms with Gasteiger partial charge in [-0.05, 0) is 31.0 Å². The van der Waals surface area contributed by atoms with E-state index >= 15 is 0 Å². The van der Waals surface area contributed by atoms with Gasteiger partial charge in [-0.2, -0.15) is 0 Å². The Labute approximate surface area is 126 Å². The molecule has 0 bridgehead atoms. The molecule has 21 heavy (non-hydrogen) atoms. The quantitative estimate of drug-likeness (QED) is 0.888. The lowest BCUT2D eigenvalue weighted by Gasteiger charge is -2.15. The number of aromatic nitrogens is 1. The molecule has 5 nitrogen and oxygen atoms in total. The average Bonchev–Trinajstić information content (AvgIpc) is 2.40. The zero-order valence-electron chi connectivity index (χ0n) is 11.5. The molecule has 0 radical (unpaired) electrons. The summed E-state index contributed by atoms with van der Waals surface area (Å²) in [5, 5.41) is 10.7. The van der Waals surface area contributed by atoms with E-state index in [4.69, 9.17) is 17.3 Å². The van der Waals surface area contributed by atoms with Gasteiger partial charge in [-0.15, -0.1) is 0 Å². The summed E-state index contributed by atoms with van der Waals surface area (Å²) >= 11 is 6.09. The number of hydrogen-bond donors (Lipinski definition) is 2. The van der Waals surface area contributed by atoms with Crippen molar-refractivity contribution in [3.63, 3.8) is 0 Å². The number of carboxylic acids is 1. The van der Waals surface area contributed by atoms with Crippen LogP contribution in [0.5, 0.6) is 0 Å². The molecule has 0 saturated heterocycles. The van der Waals surface area contributed by atoms with E-state index < -0.39 is 17.8 Å². The van der Waals surface area contributed by atoms with Crippen LogP contribution in [-0.2, 0) is 9.59 Å². The minimum absolute atomic E-state index is 0.0178. The van der Waals surface area contributed by atoms with Crippen LogP contribution in [0.3, 0.4) is 0 Å². The van der Waals surface area contributed by atoms with E-state index in [2.05, 4.69) is 4.98 Å². The van der Waals surface area contributed by atoms with Gasteiger partial charge in [0.25, 0.3) is 0 Å². The van der Waals surface area contributed by atoms with Gasteiger partial charge >= 0.3 is 5.97 Å². The number of aryl methyl sites for hydroxylation is 1. The first-order chi connectivity index (χ1) is 9.90. The van der Waals surface area contributed by atoms with Crippen molar-refractivity contribution in [3.8, 4) is 0 Å². The number of pyridine rings is 1. The van der Waals surface area contributed by atoms with Gasteiger partial charge in [-0.25, -0.2) is 0 Å². The van der Waals surface area contributed by atoms with Crippen molar-refractivity contribution in [2.45, 2.75) is 25.7 Å². The molecule has 3 N–H and O–H groups in total. The molecule has 2 aromatic rings. The number of carbonyl (C=O) groups excluding carboxylic acids is 1. The van der Waals surface area contributed by atoms with Crippen LogP contribution in [0, 0.1) is 6.92 Å². The average molecular weight is 307 g/mol. The molecule has 1 amide bonds. The zero-order valence-corrected chi connectivity index (χ0v) is 12.2. The van der Waals surface area contributed by atoms with Crippen LogP contribution in [0.25, 0.3) is 10.9 Å². The fraction of sp³-hybridized carbons (Fsp3) is 0.267. The van der Waals surface area contributed by atoms with E-state index in [1.165, 1.54) is 0 Å². The monoisotopic (exact) mass is 306 g/mol.